The van der Waals surface area contributed by atoms with Gasteiger partial charge in [-0.05, 0) is 36.6 Å². The van der Waals surface area contributed by atoms with Crippen LogP contribution in [0.3, 0.4) is 0 Å². The Kier molecular flexibility index (Phi) is 8.57. The molecule has 0 fully saturated rings. The summed E-state index contributed by atoms with van der Waals surface area (Å²) in [7, 11) is -3.37. The van der Waals surface area contributed by atoms with Gasteiger partial charge in [0, 0.05) is 5.69 Å². The van der Waals surface area contributed by atoms with Gasteiger partial charge in [-0.15, -0.1) is 12.4 Å². The highest BCUT2D eigenvalue weighted by atomic mass is 35.5. The Morgan fingerprint density at radius 2 is 1.73 bits per heavy atom. The Morgan fingerprint density at radius 1 is 1.08 bits per heavy atom. The van der Waals surface area contributed by atoms with Crippen molar-refractivity contribution >= 4 is 39.7 Å². The molecule has 1 atom stereocenters. The highest BCUT2D eigenvalue weighted by molar-refractivity contribution is 7.92. The van der Waals surface area contributed by atoms with Gasteiger partial charge in [-0.2, -0.15) is 0 Å². The van der Waals surface area contributed by atoms with E-state index in [4.69, 9.17) is 5.73 Å². The first-order valence-electron chi connectivity index (χ1n) is 8.10. The number of benzene rings is 2. The molecular weight excluding hydrogens is 374 g/mol. The van der Waals surface area contributed by atoms with Crippen molar-refractivity contribution in [2.75, 3.05) is 15.8 Å². The number of halogens is 1. The zero-order chi connectivity index (χ0) is 18.3. The molecule has 2 rings (SSSR count). The van der Waals surface area contributed by atoms with Gasteiger partial charge < -0.3 is 11.1 Å². The molecule has 0 bridgehead atoms. The monoisotopic (exact) mass is 397 g/mol. The summed E-state index contributed by atoms with van der Waals surface area (Å²) >= 11 is 0. The Morgan fingerprint density at radius 3 is 2.38 bits per heavy atom. The van der Waals surface area contributed by atoms with Crippen LogP contribution in [0.5, 0.6) is 0 Å². The van der Waals surface area contributed by atoms with Crippen LogP contribution < -0.4 is 15.8 Å². The largest absolute Gasteiger partial charge is 0.325 e. The molecule has 26 heavy (non-hydrogen) atoms. The average molecular weight is 398 g/mol. The Balaban J connectivity index is 0.00000338. The van der Waals surface area contributed by atoms with Gasteiger partial charge in [0.25, 0.3) is 0 Å². The van der Waals surface area contributed by atoms with Gasteiger partial charge in [0.05, 0.1) is 17.5 Å². The van der Waals surface area contributed by atoms with Gasteiger partial charge in [-0.25, -0.2) is 8.42 Å². The summed E-state index contributed by atoms with van der Waals surface area (Å²) < 4.78 is 26.1. The van der Waals surface area contributed by atoms with Crippen molar-refractivity contribution in [3.8, 4) is 0 Å². The zero-order valence-corrected chi connectivity index (χ0v) is 16.1. The van der Waals surface area contributed by atoms with Gasteiger partial charge in [0.2, 0.25) is 15.9 Å². The smallest absolute Gasteiger partial charge is 0.241 e. The Labute approximate surface area is 160 Å². The predicted octanol–water partition coefficient (Wildman–Crippen LogP) is 2.77. The molecule has 8 heteroatoms. The van der Waals surface area contributed by atoms with Crippen molar-refractivity contribution in [2.45, 2.75) is 25.8 Å². The number of nitrogens with one attached hydrogen (secondary N) is 2. The van der Waals surface area contributed by atoms with Gasteiger partial charge in [-0.1, -0.05) is 43.3 Å². The van der Waals surface area contributed by atoms with Crippen molar-refractivity contribution in [3.63, 3.8) is 0 Å². The van der Waals surface area contributed by atoms with E-state index < -0.39 is 16.1 Å². The molecule has 2 aromatic carbocycles. The van der Waals surface area contributed by atoms with Crippen LogP contribution >= 0.6 is 12.4 Å². The number of carbonyl (C=O) groups is 1. The number of carbonyl (C=O) groups excluding carboxylic acids is 1. The van der Waals surface area contributed by atoms with E-state index in [1.807, 2.05) is 30.3 Å². The van der Waals surface area contributed by atoms with Crippen molar-refractivity contribution in [2.24, 2.45) is 5.73 Å². The molecule has 1 amide bonds. The number of hydrogen-bond donors (Lipinski definition) is 3. The number of nitrogens with two attached hydrogens (primary N) is 1. The van der Waals surface area contributed by atoms with Gasteiger partial charge in [-0.3, -0.25) is 9.52 Å². The zero-order valence-electron chi connectivity index (χ0n) is 14.5. The molecule has 0 radical (unpaired) electrons. The molecular formula is C18H24ClN3O3S. The SMILES string of the molecule is CCCS(=O)(=O)Nc1cccc(NC(=O)[C@@H](N)Cc2ccccc2)c1.Cl. The van der Waals surface area contributed by atoms with Gasteiger partial charge in [0.1, 0.15) is 0 Å². The van der Waals surface area contributed by atoms with Crippen LogP contribution in [-0.2, 0) is 21.2 Å². The Bertz CT molecular complexity index is 813. The lowest BCUT2D eigenvalue weighted by molar-refractivity contribution is -0.117. The molecule has 0 heterocycles. The summed E-state index contributed by atoms with van der Waals surface area (Å²) in [5.41, 5.74) is 7.83. The minimum absolute atomic E-state index is 0. The van der Waals surface area contributed by atoms with E-state index in [2.05, 4.69) is 10.0 Å². The number of hydrogen-bond acceptors (Lipinski definition) is 4. The van der Waals surface area contributed by atoms with E-state index >= 15 is 0 Å². The van der Waals surface area contributed by atoms with E-state index in [0.717, 1.165) is 5.56 Å². The average Bonchev–Trinajstić information content (AvgIpc) is 2.55. The van der Waals surface area contributed by atoms with E-state index in [1.54, 1.807) is 31.2 Å². The third-order valence-corrected chi connectivity index (χ3v) is 5.00. The van der Waals surface area contributed by atoms with Crippen molar-refractivity contribution in [1.29, 1.82) is 0 Å². The molecule has 0 spiro atoms. The van der Waals surface area contributed by atoms with Crippen molar-refractivity contribution in [3.05, 3.63) is 60.2 Å². The fourth-order valence-corrected chi connectivity index (χ4v) is 3.48. The topological polar surface area (TPSA) is 101 Å². The molecule has 0 aromatic heterocycles. The van der Waals surface area contributed by atoms with Crippen molar-refractivity contribution < 1.29 is 13.2 Å². The summed E-state index contributed by atoms with van der Waals surface area (Å²) in [6, 6.07) is 15.4. The van der Waals surface area contributed by atoms with Crippen LogP contribution in [-0.4, -0.2) is 26.1 Å². The summed E-state index contributed by atoms with van der Waals surface area (Å²) in [6.07, 6.45) is 0.954. The normalized spacial score (nSPS) is 11.9. The number of rotatable bonds is 8. The molecule has 0 aliphatic rings. The molecule has 0 aliphatic heterocycles. The molecule has 142 valence electrons. The van der Waals surface area contributed by atoms with Gasteiger partial charge >= 0.3 is 0 Å². The third kappa shape index (κ3) is 7.03. The predicted molar refractivity (Wildman–Crippen MR) is 108 cm³/mol. The van der Waals surface area contributed by atoms with Crippen LogP contribution in [0.2, 0.25) is 0 Å². The molecule has 2 aromatic rings. The van der Waals surface area contributed by atoms with E-state index in [-0.39, 0.29) is 24.1 Å². The maximum atomic E-state index is 12.2. The molecule has 0 saturated carbocycles. The molecule has 6 nitrogen and oxygen atoms in total. The maximum absolute atomic E-state index is 12.2. The maximum Gasteiger partial charge on any atom is 0.241 e. The number of anilines is 2. The highest BCUT2D eigenvalue weighted by Crippen LogP contribution is 2.17. The summed E-state index contributed by atoms with van der Waals surface area (Å²) in [6.45, 7) is 1.80. The van der Waals surface area contributed by atoms with Crippen LogP contribution in [0.4, 0.5) is 11.4 Å². The fourth-order valence-electron chi connectivity index (χ4n) is 2.36. The quantitative estimate of drug-likeness (QED) is 0.637. The molecule has 0 saturated heterocycles. The summed E-state index contributed by atoms with van der Waals surface area (Å²) in [4.78, 5) is 12.2. The second-order valence-electron chi connectivity index (χ2n) is 5.79. The van der Waals surface area contributed by atoms with Crippen LogP contribution in [0.1, 0.15) is 18.9 Å². The number of sulfonamides is 1. The second-order valence-corrected chi connectivity index (χ2v) is 7.63. The first kappa shape index (κ1) is 22.0. The number of amides is 1. The molecule has 0 aliphatic carbocycles. The van der Waals surface area contributed by atoms with E-state index in [0.29, 0.717) is 24.2 Å². The van der Waals surface area contributed by atoms with Gasteiger partial charge in [0.15, 0.2) is 0 Å². The van der Waals surface area contributed by atoms with E-state index in [1.165, 1.54) is 0 Å². The second kappa shape index (κ2) is 10.2. The lowest BCUT2D eigenvalue weighted by atomic mass is 10.1. The third-order valence-electron chi connectivity index (χ3n) is 3.51. The first-order valence-corrected chi connectivity index (χ1v) is 9.76. The van der Waals surface area contributed by atoms with Crippen LogP contribution in [0, 0.1) is 0 Å². The summed E-state index contributed by atoms with van der Waals surface area (Å²) in [5.74, 6) is -0.275. The molecule has 0 unspecified atom stereocenters. The van der Waals surface area contributed by atoms with Crippen LogP contribution in [0.25, 0.3) is 0 Å². The lowest BCUT2D eigenvalue weighted by Crippen LogP contribution is -2.37. The minimum atomic E-state index is -3.37. The van der Waals surface area contributed by atoms with Crippen molar-refractivity contribution in [1.82, 2.24) is 0 Å². The molecule has 4 N–H and O–H groups in total. The Hall–Kier alpha value is -2.09. The summed E-state index contributed by atoms with van der Waals surface area (Å²) in [5, 5.41) is 2.72. The minimum Gasteiger partial charge on any atom is -0.325 e. The van der Waals surface area contributed by atoms with E-state index in [9.17, 15) is 13.2 Å². The lowest BCUT2D eigenvalue weighted by Gasteiger charge is -2.13. The standard InChI is InChI=1S/C18H23N3O3S.ClH/c1-2-11-25(23,24)21-16-10-6-9-15(13-16)20-18(22)17(19)12-14-7-4-3-5-8-14;/h3-10,13,17,21H,2,11-12,19H2,1H3,(H,20,22);1H/t17-;/m0./s1. The highest BCUT2D eigenvalue weighted by Gasteiger charge is 2.15. The fraction of sp³-hybridized carbons (Fsp3) is 0.278. The first-order chi connectivity index (χ1) is 11.9. The van der Waals surface area contributed by atoms with Crippen LogP contribution in [0.15, 0.2) is 54.6 Å².